The zero-order chi connectivity index (χ0) is 17.1. The average Bonchev–Trinajstić information content (AvgIpc) is 2.46. The van der Waals surface area contributed by atoms with Crippen molar-refractivity contribution in [3.8, 4) is 5.75 Å². The summed E-state index contributed by atoms with van der Waals surface area (Å²) in [7, 11) is 0. The van der Waals surface area contributed by atoms with Crippen molar-refractivity contribution in [3.63, 3.8) is 0 Å². The number of non-ortho nitro benzene ring substituents is 1. The van der Waals surface area contributed by atoms with Crippen LogP contribution in [0.3, 0.4) is 0 Å². The summed E-state index contributed by atoms with van der Waals surface area (Å²) in [5.74, 6) is 0.144. The number of nitro benzene ring substituents is 1. The van der Waals surface area contributed by atoms with Gasteiger partial charge >= 0.3 is 6.03 Å². The number of carbonyl (C=O) groups excluding carboxylic acids is 2. The maximum atomic E-state index is 12.0. The molecular weight excluding hydrogens is 302 g/mol. The zero-order valence-electron chi connectivity index (χ0n) is 13.0. The maximum Gasteiger partial charge on any atom is 0.319 e. The van der Waals surface area contributed by atoms with E-state index < -0.39 is 17.0 Å². The molecule has 8 heteroatoms. The Kier molecular flexibility index (Phi) is 4.63. The molecule has 2 N–H and O–H groups in total. The fourth-order valence-electron chi connectivity index (χ4n) is 2.56. The third-order valence-corrected chi connectivity index (χ3v) is 3.46. The molecule has 0 fully saturated rings. The van der Waals surface area contributed by atoms with Gasteiger partial charge in [-0.05, 0) is 26.8 Å². The number of ketones is 1. The van der Waals surface area contributed by atoms with Gasteiger partial charge in [0.1, 0.15) is 5.75 Å². The lowest BCUT2D eigenvalue weighted by molar-refractivity contribution is -0.385. The number of urea groups is 1. The molecule has 122 valence electrons. The van der Waals surface area contributed by atoms with Crippen molar-refractivity contribution in [2.75, 3.05) is 6.61 Å². The van der Waals surface area contributed by atoms with E-state index in [1.807, 2.05) is 0 Å². The Labute approximate surface area is 132 Å². The van der Waals surface area contributed by atoms with Gasteiger partial charge in [-0.2, -0.15) is 0 Å². The molecule has 0 bridgehead atoms. The smallest absolute Gasteiger partial charge is 0.319 e. The summed E-state index contributed by atoms with van der Waals surface area (Å²) in [6.45, 7) is 5.11. The van der Waals surface area contributed by atoms with E-state index in [-0.39, 0.29) is 11.5 Å². The first-order valence-corrected chi connectivity index (χ1v) is 7.05. The molecule has 23 heavy (non-hydrogen) atoms. The lowest BCUT2D eigenvalue weighted by Gasteiger charge is -2.29. The highest BCUT2D eigenvalue weighted by Gasteiger charge is 2.32. The summed E-state index contributed by atoms with van der Waals surface area (Å²) in [6.07, 6.45) is 0. The second-order valence-corrected chi connectivity index (χ2v) is 5.04. The molecule has 2 amide bonds. The standard InChI is InChI=1S/C15H17N3O5/c1-4-23-12-6-5-10(18(21)22)7-11(12)14-13(9(3)19)8(2)16-15(20)17-14/h5-7,14H,4H2,1-3H3,(H2,16,17,20)/t14-/m0/s1. The third-order valence-electron chi connectivity index (χ3n) is 3.46. The largest absolute Gasteiger partial charge is 0.493 e. The molecule has 1 aromatic rings. The highest BCUT2D eigenvalue weighted by molar-refractivity contribution is 5.98. The van der Waals surface area contributed by atoms with Gasteiger partial charge in [0.05, 0.1) is 17.6 Å². The number of allylic oxidation sites excluding steroid dienone is 1. The van der Waals surface area contributed by atoms with Gasteiger partial charge in [-0.1, -0.05) is 0 Å². The van der Waals surface area contributed by atoms with E-state index in [1.54, 1.807) is 13.8 Å². The Morgan fingerprint density at radius 1 is 1.43 bits per heavy atom. The predicted octanol–water partition coefficient (Wildman–Crippen LogP) is 2.21. The second kappa shape index (κ2) is 6.47. The number of nitro groups is 1. The minimum atomic E-state index is -0.803. The second-order valence-electron chi connectivity index (χ2n) is 5.04. The molecule has 1 heterocycles. The molecule has 0 radical (unpaired) electrons. The highest BCUT2D eigenvalue weighted by atomic mass is 16.6. The Morgan fingerprint density at radius 2 is 2.13 bits per heavy atom. The average molecular weight is 319 g/mol. The van der Waals surface area contributed by atoms with Crippen LogP contribution in [0.15, 0.2) is 29.5 Å². The minimum absolute atomic E-state index is 0.142. The Morgan fingerprint density at radius 3 is 2.70 bits per heavy atom. The summed E-state index contributed by atoms with van der Waals surface area (Å²) in [5, 5.41) is 16.2. The molecule has 0 saturated carbocycles. The molecule has 0 unspecified atom stereocenters. The van der Waals surface area contributed by atoms with Crippen molar-refractivity contribution in [3.05, 3.63) is 45.1 Å². The molecule has 1 aliphatic rings. The first-order valence-electron chi connectivity index (χ1n) is 7.05. The number of nitrogens with one attached hydrogen (secondary N) is 2. The van der Waals surface area contributed by atoms with Gasteiger partial charge in [0.25, 0.3) is 5.69 Å². The van der Waals surface area contributed by atoms with Crippen molar-refractivity contribution < 1.29 is 19.2 Å². The molecule has 0 aromatic heterocycles. The van der Waals surface area contributed by atoms with Crippen LogP contribution < -0.4 is 15.4 Å². The highest BCUT2D eigenvalue weighted by Crippen LogP contribution is 2.35. The van der Waals surface area contributed by atoms with Crippen LogP contribution in [0.2, 0.25) is 0 Å². The quantitative estimate of drug-likeness (QED) is 0.638. The number of hydrogen-bond acceptors (Lipinski definition) is 5. The van der Waals surface area contributed by atoms with Gasteiger partial charge in [-0.3, -0.25) is 14.9 Å². The summed E-state index contributed by atoms with van der Waals surface area (Å²) < 4.78 is 5.50. The summed E-state index contributed by atoms with van der Waals surface area (Å²) in [6, 6.07) is 2.83. The normalized spacial score (nSPS) is 17.3. The van der Waals surface area contributed by atoms with Gasteiger partial charge in [-0.15, -0.1) is 0 Å². The van der Waals surface area contributed by atoms with E-state index in [0.717, 1.165) is 0 Å². The van der Waals surface area contributed by atoms with Crippen molar-refractivity contribution >= 4 is 17.5 Å². The van der Waals surface area contributed by atoms with Crippen LogP contribution >= 0.6 is 0 Å². The molecular formula is C15H17N3O5. The Balaban J connectivity index is 2.63. The topological polar surface area (TPSA) is 111 Å². The number of amides is 2. The lowest BCUT2D eigenvalue weighted by Crippen LogP contribution is -2.44. The third kappa shape index (κ3) is 3.31. The monoisotopic (exact) mass is 319 g/mol. The van der Waals surface area contributed by atoms with Crippen LogP contribution in [0, 0.1) is 10.1 Å². The van der Waals surface area contributed by atoms with Gasteiger partial charge in [0.2, 0.25) is 0 Å². The van der Waals surface area contributed by atoms with Crippen molar-refractivity contribution in [2.45, 2.75) is 26.8 Å². The first-order chi connectivity index (χ1) is 10.8. The molecule has 0 aliphatic carbocycles. The number of nitrogens with zero attached hydrogens (tertiary/aromatic N) is 1. The molecule has 1 atom stereocenters. The number of rotatable bonds is 5. The van der Waals surface area contributed by atoms with E-state index in [9.17, 15) is 19.7 Å². The van der Waals surface area contributed by atoms with Crippen molar-refractivity contribution in [2.24, 2.45) is 0 Å². The van der Waals surface area contributed by atoms with Crippen molar-refractivity contribution in [1.29, 1.82) is 0 Å². The number of Topliss-reactive ketones (excluding diaryl/α,β-unsaturated/α-hetero) is 1. The predicted molar refractivity (Wildman–Crippen MR) is 82.1 cm³/mol. The van der Waals surface area contributed by atoms with Crippen molar-refractivity contribution in [1.82, 2.24) is 10.6 Å². The van der Waals surface area contributed by atoms with E-state index in [2.05, 4.69) is 10.6 Å². The maximum absolute atomic E-state index is 12.0. The number of hydrogen-bond donors (Lipinski definition) is 2. The van der Waals surface area contributed by atoms with Gasteiger partial charge in [0, 0.05) is 29.0 Å². The first kappa shape index (κ1) is 16.5. The van der Waals surface area contributed by atoms with Crippen LogP contribution in [-0.4, -0.2) is 23.3 Å². The van der Waals surface area contributed by atoms with Gasteiger partial charge in [-0.25, -0.2) is 4.79 Å². The van der Waals surface area contributed by atoms with Crippen LogP contribution in [0.1, 0.15) is 32.4 Å². The number of carbonyl (C=O) groups is 2. The summed E-state index contributed by atoms with van der Waals surface area (Å²) in [5.41, 5.74) is 0.989. The number of ether oxygens (including phenoxy) is 1. The van der Waals surface area contributed by atoms with Gasteiger partial charge < -0.3 is 15.4 Å². The molecule has 1 aromatic carbocycles. The minimum Gasteiger partial charge on any atom is -0.493 e. The molecule has 0 saturated heterocycles. The zero-order valence-corrected chi connectivity index (χ0v) is 13.0. The van der Waals surface area contributed by atoms with E-state index in [4.69, 9.17) is 4.74 Å². The molecule has 2 rings (SSSR count). The van der Waals surface area contributed by atoms with Crippen LogP contribution in [-0.2, 0) is 4.79 Å². The SMILES string of the molecule is CCOc1ccc([N+](=O)[O-])cc1[C@@H]1NC(=O)NC(C)=C1C(C)=O. The molecule has 1 aliphatic heterocycles. The van der Waals surface area contributed by atoms with E-state index in [1.165, 1.54) is 25.1 Å². The van der Waals surface area contributed by atoms with Gasteiger partial charge in [0.15, 0.2) is 5.78 Å². The molecule has 8 nitrogen and oxygen atoms in total. The fourth-order valence-corrected chi connectivity index (χ4v) is 2.56. The van der Waals surface area contributed by atoms with Crippen LogP contribution in [0.4, 0.5) is 10.5 Å². The van der Waals surface area contributed by atoms with Crippen LogP contribution in [0.5, 0.6) is 5.75 Å². The summed E-state index contributed by atoms with van der Waals surface area (Å²) >= 11 is 0. The lowest BCUT2D eigenvalue weighted by atomic mass is 9.92. The van der Waals surface area contributed by atoms with E-state index in [0.29, 0.717) is 29.2 Å². The Hall–Kier alpha value is -2.90. The fraction of sp³-hybridized carbons (Fsp3) is 0.333. The Bertz CT molecular complexity index is 711. The van der Waals surface area contributed by atoms with E-state index >= 15 is 0 Å². The van der Waals surface area contributed by atoms with Crippen LogP contribution in [0.25, 0.3) is 0 Å². The number of benzene rings is 1. The molecule has 0 spiro atoms. The summed E-state index contributed by atoms with van der Waals surface area (Å²) in [4.78, 5) is 34.2.